The molecule has 0 radical (unpaired) electrons. The molecule has 1 aliphatic heterocycles. The Bertz CT molecular complexity index is 776. The van der Waals surface area contributed by atoms with Crippen molar-refractivity contribution in [1.82, 2.24) is 15.5 Å². The van der Waals surface area contributed by atoms with Gasteiger partial charge in [0.2, 0.25) is 5.91 Å². The Morgan fingerprint density at radius 1 is 1.21 bits per heavy atom. The summed E-state index contributed by atoms with van der Waals surface area (Å²) in [5.41, 5.74) is 0.547. The molecule has 1 aromatic rings. The van der Waals surface area contributed by atoms with E-state index >= 15 is 0 Å². The first-order chi connectivity index (χ1) is 12.9. The van der Waals surface area contributed by atoms with Gasteiger partial charge in [-0.05, 0) is 38.2 Å². The average Bonchev–Trinajstić information content (AvgIpc) is 2.55. The molecule has 2 rings (SSSR count). The number of hydrogen-bond acceptors (Lipinski definition) is 3. The summed E-state index contributed by atoms with van der Waals surface area (Å²) >= 11 is 0. The van der Waals surface area contributed by atoms with Gasteiger partial charge in [-0.1, -0.05) is 57.2 Å². The minimum Gasteiger partial charge on any atom is -0.340 e. The van der Waals surface area contributed by atoms with E-state index in [0.717, 1.165) is 5.56 Å². The van der Waals surface area contributed by atoms with Crippen LogP contribution in [0.5, 0.6) is 0 Å². The van der Waals surface area contributed by atoms with Gasteiger partial charge in [-0.2, -0.15) is 0 Å². The number of benzene rings is 1. The van der Waals surface area contributed by atoms with Crippen LogP contribution in [0, 0.1) is 5.41 Å². The highest BCUT2D eigenvalue weighted by Gasteiger charge is 2.48. The highest BCUT2D eigenvalue weighted by Crippen LogP contribution is 2.20. The maximum absolute atomic E-state index is 13.0. The van der Waals surface area contributed by atoms with Gasteiger partial charge in [0.1, 0.15) is 5.54 Å². The molecule has 1 unspecified atom stereocenters. The molecule has 1 aromatic carbocycles. The number of carbonyl (C=O) groups excluding carboxylic acids is 3. The van der Waals surface area contributed by atoms with Gasteiger partial charge in [0.15, 0.2) is 6.04 Å². The van der Waals surface area contributed by atoms with Gasteiger partial charge in [-0.25, -0.2) is 0 Å². The van der Waals surface area contributed by atoms with Crippen LogP contribution in [0.3, 0.4) is 0 Å². The highest BCUT2D eigenvalue weighted by atomic mass is 16.2. The van der Waals surface area contributed by atoms with Crippen LogP contribution in [0.15, 0.2) is 42.1 Å². The molecule has 1 heterocycles. The number of nitrogens with zero attached hydrogens (tertiary/aromatic N) is 1. The summed E-state index contributed by atoms with van der Waals surface area (Å²) in [6.45, 7) is 11.4. The third-order valence-electron chi connectivity index (χ3n) is 4.49. The van der Waals surface area contributed by atoms with Crippen molar-refractivity contribution in [2.45, 2.75) is 59.5 Å². The zero-order valence-corrected chi connectivity index (χ0v) is 17.6. The fourth-order valence-electron chi connectivity index (χ4n) is 3.38. The third kappa shape index (κ3) is 5.44. The molecule has 0 saturated carbocycles. The third-order valence-corrected chi connectivity index (χ3v) is 4.49. The van der Waals surface area contributed by atoms with Crippen LogP contribution < -0.4 is 10.6 Å². The summed E-state index contributed by atoms with van der Waals surface area (Å²) in [6.07, 6.45) is 2.49. The van der Waals surface area contributed by atoms with E-state index in [1.807, 2.05) is 57.2 Å². The number of amides is 3. The van der Waals surface area contributed by atoms with Crippen LogP contribution in [0.25, 0.3) is 0 Å². The number of piperazine rings is 1. The van der Waals surface area contributed by atoms with Gasteiger partial charge in [-0.15, -0.1) is 0 Å². The minimum absolute atomic E-state index is 0.114. The standard InChI is InChI=1S/C22H31N3O3/c1-15(14-21(2,3)4)23-18(26)17-19(27)24-22(5,6)20(28)25(17)13-12-16-10-8-7-9-11-16/h7-11,14,17H,12-13H2,1-6H3,(H,23,26)(H,24,27)/b15-14+. The lowest BCUT2D eigenvalue weighted by atomic mass is 9.94. The van der Waals surface area contributed by atoms with Gasteiger partial charge >= 0.3 is 0 Å². The number of hydrogen-bond donors (Lipinski definition) is 2. The molecule has 0 aromatic heterocycles. The lowest BCUT2D eigenvalue weighted by Crippen LogP contribution is -2.71. The maximum atomic E-state index is 13.0. The van der Waals surface area contributed by atoms with Gasteiger partial charge in [0.05, 0.1) is 0 Å². The van der Waals surface area contributed by atoms with Crippen LogP contribution in [-0.2, 0) is 20.8 Å². The molecule has 28 heavy (non-hydrogen) atoms. The molecule has 6 heteroatoms. The molecule has 6 nitrogen and oxygen atoms in total. The highest BCUT2D eigenvalue weighted by molar-refractivity contribution is 6.12. The summed E-state index contributed by atoms with van der Waals surface area (Å²) in [6, 6.07) is 8.51. The zero-order valence-electron chi connectivity index (χ0n) is 17.6. The van der Waals surface area contributed by atoms with Gasteiger partial charge in [0.25, 0.3) is 11.8 Å². The Balaban J connectivity index is 2.24. The molecule has 3 amide bonds. The normalized spacial score (nSPS) is 20.0. The topological polar surface area (TPSA) is 78.5 Å². The maximum Gasteiger partial charge on any atom is 0.256 e. The van der Waals surface area contributed by atoms with Crippen molar-refractivity contribution in [2.75, 3.05) is 6.54 Å². The lowest BCUT2D eigenvalue weighted by molar-refractivity contribution is -0.157. The van der Waals surface area contributed by atoms with E-state index in [4.69, 9.17) is 0 Å². The molecule has 1 aliphatic rings. The first-order valence-corrected chi connectivity index (χ1v) is 9.58. The van der Waals surface area contributed by atoms with E-state index in [1.54, 1.807) is 20.8 Å². The minimum atomic E-state index is -1.19. The van der Waals surface area contributed by atoms with Crippen molar-refractivity contribution < 1.29 is 14.4 Å². The van der Waals surface area contributed by atoms with E-state index in [1.165, 1.54) is 4.90 Å². The van der Waals surface area contributed by atoms with Crippen molar-refractivity contribution in [1.29, 1.82) is 0 Å². The van der Waals surface area contributed by atoms with Crippen molar-refractivity contribution in [3.63, 3.8) is 0 Å². The van der Waals surface area contributed by atoms with Crippen LogP contribution in [-0.4, -0.2) is 40.7 Å². The zero-order chi connectivity index (χ0) is 21.1. The Kier molecular flexibility index (Phi) is 6.32. The number of nitrogens with one attached hydrogen (secondary N) is 2. The van der Waals surface area contributed by atoms with Crippen molar-refractivity contribution >= 4 is 17.7 Å². The van der Waals surface area contributed by atoms with Gasteiger partial charge in [-0.3, -0.25) is 14.4 Å². The van der Waals surface area contributed by atoms with Gasteiger partial charge in [0, 0.05) is 12.2 Å². The first kappa shape index (κ1) is 21.7. The first-order valence-electron chi connectivity index (χ1n) is 9.58. The summed E-state index contributed by atoms with van der Waals surface area (Å²) in [7, 11) is 0. The predicted octanol–water partition coefficient (Wildman–Crippen LogP) is 2.40. The molecule has 0 spiro atoms. The number of rotatable bonds is 5. The fraction of sp³-hybridized carbons (Fsp3) is 0.500. The second-order valence-corrected chi connectivity index (χ2v) is 8.93. The molecular formula is C22H31N3O3. The van der Waals surface area contributed by atoms with Crippen LogP contribution >= 0.6 is 0 Å². The molecule has 1 atom stereocenters. The number of carbonyl (C=O) groups is 3. The summed E-state index contributed by atoms with van der Waals surface area (Å²) in [4.78, 5) is 39.9. The Morgan fingerprint density at radius 3 is 2.39 bits per heavy atom. The van der Waals surface area contributed by atoms with Crippen molar-refractivity contribution in [3.8, 4) is 0 Å². The molecule has 0 bridgehead atoms. The quantitative estimate of drug-likeness (QED) is 0.764. The summed E-state index contributed by atoms with van der Waals surface area (Å²) in [5.74, 6) is -1.22. The van der Waals surface area contributed by atoms with E-state index < -0.39 is 23.4 Å². The van der Waals surface area contributed by atoms with E-state index in [0.29, 0.717) is 18.7 Å². The van der Waals surface area contributed by atoms with Crippen molar-refractivity contribution in [3.05, 3.63) is 47.7 Å². The van der Waals surface area contributed by atoms with E-state index in [-0.39, 0.29) is 11.3 Å². The number of allylic oxidation sites excluding steroid dienone is 2. The lowest BCUT2D eigenvalue weighted by Gasteiger charge is -2.42. The van der Waals surface area contributed by atoms with Crippen LogP contribution in [0.1, 0.15) is 47.1 Å². The Morgan fingerprint density at radius 2 is 1.82 bits per heavy atom. The van der Waals surface area contributed by atoms with Crippen molar-refractivity contribution in [2.24, 2.45) is 5.41 Å². The Labute approximate surface area is 167 Å². The second-order valence-electron chi connectivity index (χ2n) is 8.93. The smallest absolute Gasteiger partial charge is 0.256 e. The molecule has 152 valence electrons. The summed E-state index contributed by atoms with van der Waals surface area (Å²) < 4.78 is 0. The van der Waals surface area contributed by atoms with Crippen LogP contribution in [0.2, 0.25) is 0 Å². The predicted molar refractivity (Wildman–Crippen MR) is 109 cm³/mol. The molecule has 0 aliphatic carbocycles. The average molecular weight is 386 g/mol. The molecule has 2 N–H and O–H groups in total. The summed E-state index contributed by atoms with van der Waals surface area (Å²) in [5, 5.41) is 5.46. The van der Waals surface area contributed by atoms with E-state index in [9.17, 15) is 14.4 Å². The monoisotopic (exact) mass is 385 g/mol. The van der Waals surface area contributed by atoms with Gasteiger partial charge < -0.3 is 15.5 Å². The molecular weight excluding hydrogens is 354 g/mol. The fourth-order valence-corrected chi connectivity index (χ4v) is 3.38. The second kappa shape index (κ2) is 8.17. The van der Waals surface area contributed by atoms with Crippen LogP contribution in [0.4, 0.5) is 0 Å². The van der Waals surface area contributed by atoms with E-state index in [2.05, 4.69) is 10.6 Å². The molecule has 1 saturated heterocycles. The Hall–Kier alpha value is -2.63. The SMILES string of the molecule is C/C(=C\C(C)(C)C)NC(=O)C1C(=O)NC(C)(C)C(=O)N1CCc1ccccc1. The molecule has 1 fully saturated rings. The largest absolute Gasteiger partial charge is 0.340 e.